The molecule has 0 unspecified atom stereocenters. The van der Waals surface area contributed by atoms with Gasteiger partial charge < -0.3 is 10.1 Å². The summed E-state index contributed by atoms with van der Waals surface area (Å²) in [6.45, 7) is 6.38. The number of nitrogens with zero attached hydrogens (tertiary/aromatic N) is 1. The molecule has 0 aliphatic heterocycles. The van der Waals surface area contributed by atoms with Crippen LogP contribution in [-0.4, -0.2) is 39.8 Å². The smallest absolute Gasteiger partial charge is 0.248 e. The summed E-state index contributed by atoms with van der Waals surface area (Å²) in [4.78, 5) is 12.3. The van der Waals surface area contributed by atoms with Gasteiger partial charge >= 0.3 is 0 Å². The Bertz CT molecular complexity index is 1000. The van der Waals surface area contributed by atoms with Gasteiger partial charge in [0.25, 0.3) is 0 Å². The number of nitrogens with one attached hydrogen (secondary N) is 1. The summed E-state index contributed by atoms with van der Waals surface area (Å²) in [5.74, 6) is -0.0550. The summed E-state index contributed by atoms with van der Waals surface area (Å²) < 4.78 is 31.3. The third-order valence-electron chi connectivity index (χ3n) is 4.39. The van der Waals surface area contributed by atoms with Gasteiger partial charge in [0, 0.05) is 25.9 Å². The number of rotatable bonds is 6. The summed E-state index contributed by atoms with van der Waals surface area (Å²) >= 11 is 0. The quantitative estimate of drug-likeness (QED) is 0.725. The molecule has 1 N–H and O–H groups in total. The highest BCUT2D eigenvalue weighted by Crippen LogP contribution is 2.27. The van der Waals surface area contributed by atoms with Crippen LogP contribution in [0.2, 0.25) is 0 Å². The second kappa shape index (κ2) is 8.80. The number of ether oxygens (including phenoxy) is 1. The molecule has 0 spiro atoms. The number of methoxy groups -OCH3 is 1. The Balaban J connectivity index is 2.18. The highest BCUT2D eigenvalue weighted by Gasteiger charge is 2.22. The van der Waals surface area contributed by atoms with E-state index in [1.807, 2.05) is 24.3 Å². The number of hydrogen-bond acceptors (Lipinski definition) is 4. The third-order valence-corrected chi connectivity index (χ3v) is 6.23. The molecule has 0 atom stereocenters. The molecule has 2 rings (SSSR count). The fraction of sp³-hybridized carbons (Fsp3) is 0.318. The maximum atomic E-state index is 12.5. The van der Waals surface area contributed by atoms with E-state index in [-0.39, 0.29) is 22.0 Å². The van der Waals surface area contributed by atoms with Gasteiger partial charge in [-0.05, 0) is 46.9 Å². The lowest BCUT2D eigenvalue weighted by Gasteiger charge is -2.19. The average molecular weight is 417 g/mol. The van der Waals surface area contributed by atoms with Crippen LogP contribution >= 0.6 is 0 Å². The average Bonchev–Trinajstić information content (AvgIpc) is 2.65. The zero-order valence-corrected chi connectivity index (χ0v) is 18.5. The van der Waals surface area contributed by atoms with Gasteiger partial charge in [-0.15, -0.1) is 0 Å². The number of amides is 1. The molecule has 0 fully saturated rings. The fourth-order valence-electron chi connectivity index (χ4n) is 2.60. The van der Waals surface area contributed by atoms with Crippen LogP contribution in [0.5, 0.6) is 5.75 Å². The van der Waals surface area contributed by atoms with E-state index >= 15 is 0 Å². The van der Waals surface area contributed by atoms with Gasteiger partial charge in [0.1, 0.15) is 10.6 Å². The van der Waals surface area contributed by atoms with Crippen LogP contribution in [0.1, 0.15) is 31.9 Å². The highest BCUT2D eigenvalue weighted by atomic mass is 32.2. The van der Waals surface area contributed by atoms with Gasteiger partial charge in [-0.25, -0.2) is 12.7 Å². The number of sulfonamides is 1. The first-order valence-electron chi connectivity index (χ1n) is 9.15. The molecule has 6 nitrogen and oxygen atoms in total. The van der Waals surface area contributed by atoms with Crippen LogP contribution in [0.4, 0.5) is 5.69 Å². The molecular weight excluding hydrogens is 388 g/mol. The van der Waals surface area contributed by atoms with Gasteiger partial charge in [0.2, 0.25) is 15.9 Å². The molecule has 0 radical (unpaired) electrons. The molecule has 29 heavy (non-hydrogen) atoms. The monoisotopic (exact) mass is 416 g/mol. The molecule has 2 aromatic rings. The molecule has 2 aromatic carbocycles. The molecule has 0 aliphatic rings. The van der Waals surface area contributed by atoms with Crippen LogP contribution < -0.4 is 10.1 Å². The number of anilines is 1. The molecule has 0 saturated heterocycles. The molecular formula is C22H28N2O4S. The second-order valence-electron chi connectivity index (χ2n) is 7.85. The molecule has 0 heterocycles. The Morgan fingerprint density at radius 3 is 2.21 bits per heavy atom. The standard InChI is InChI=1S/C22H28N2O4S/c1-22(2,3)17-9-11-18(12-10-17)23-21(25)14-8-16-7-13-19(28-6)20(15-16)29(26,27)24(4)5/h7-15H,1-6H3,(H,23,25)/b14-8+. The molecule has 156 valence electrons. The summed E-state index contributed by atoms with van der Waals surface area (Å²) in [5, 5.41) is 2.80. The van der Waals surface area contributed by atoms with Crippen LogP contribution in [0.25, 0.3) is 6.08 Å². The van der Waals surface area contributed by atoms with E-state index < -0.39 is 10.0 Å². The number of carbonyl (C=O) groups is 1. The predicted molar refractivity (Wildman–Crippen MR) is 117 cm³/mol. The summed E-state index contributed by atoms with van der Waals surface area (Å²) in [6.07, 6.45) is 2.93. The van der Waals surface area contributed by atoms with E-state index in [1.54, 1.807) is 18.2 Å². The minimum atomic E-state index is -3.67. The maximum absolute atomic E-state index is 12.5. The van der Waals surface area contributed by atoms with E-state index in [9.17, 15) is 13.2 Å². The molecule has 0 aliphatic carbocycles. The van der Waals surface area contributed by atoms with Gasteiger partial charge in [0.15, 0.2) is 0 Å². The van der Waals surface area contributed by atoms with Crippen LogP contribution in [0.3, 0.4) is 0 Å². The van der Waals surface area contributed by atoms with Crippen LogP contribution in [0, 0.1) is 0 Å². The Labute approximate surface area is 173 Å². The third kappa shape index (κ3) is 5.68. The normalized spacial score (nSPS) is 12.4. The topological polar surface area (TPSA) is 75.7 Å². The van der Waals surface area contributed by atoms with Crippen molar-refractivity contribution in [1.82, 2.24) is 4.31 Å². The van der Waals surface area contributed by atoms with E-state index in [4.69, 9.17) is 4.74 Å². The van der Waals surface area contributed by atoms with Crippen molar-refractivity contribution in [3.05, 3.63) is 59.7 Å². The van der Waals surface area contributed by atoms with Crippen molar-refractivity contribution < 1.29 is 17.9 Å². The van der Waals surface area contributed by atoms with Crippen molar-refractivity contribution in [2.24, 2.45) is 0 Å². The molecule has 1 amide bonds. The zero-order chi connectivity index (χ0) is 21.8. The van der Waals surface area contributed by atoms with Gasteiger partial charge in [0.05, 0.1) is 7.11 Å². The first kappa shape index (κ1) is 22.6. The molecule has 0 aromatic heterocycles. The number of hydrogen-bond donors (Lipinski definition) is 1. The fourth-order valence-corrected chi connectivity index (χ4v) is 3.69. The number of benzene rings is 2. The Morgan fingerprint density at radius 1 is 1.07 bits per heavy atom. The minimum absolute atomic E-state index is 0.0431. The van der Waals surface area contributed by atoms with Crippen molar-refractivity contribution in [3.8, 4) is 5.75 Å². The summed E-state index contributed by atoms with van der Waals surface area (Å²) in [5.41, 5.74) is 2.49. The molecule has 7 heteroatoms. The van der Waals surface area contributed by atoms with Crippen LogP contribution in [-0.2, 0) is 20.2 Å². The summed E-state index contributed by atoms with van der Waals surface area (Å²) in [6, 6.07) is 12.4. The largest absolute Gasteiger partial charge is 0.495 e. The lowest BCUT2D eigenvalue weighted by molar-refractivity contribution is -0.111. The highest BCUT2D eigenvalue weighted by molar-refractivity contribution is 7.89. The van der Waals surface area contributed by atoms with Crippen molar-refractivity contribution >= 4 is 27.7 Å². The first-order valence-corrected chi connectivity index (χ1v) is 10.6. The Hall–Kier alpha value is -2.64. The van der Waals surface area contributed by atoms with Gasteiger partial charge in [-0.3, -0.25) is 4.79 Å². The van der Waals surface area contributed by atoms with Crippen molar-refractivity contribution in [3.63, 3.8) is 0 Å². The van der Waals surface area contributed by atoms with E-state index in [0.717, 1.165) is 4.31 Å². The summed E-state index contributed by atoms with van der Waals surface area (Å²) in [7, 11) is 0.651. The molecule has 0 saturated carbocycles. The lowest BCUT2D eigenvalue weighted by Crippen LogP contribution is -2.22. The Kier molecular flexibility index (Phi) is 6.87. The Morgan fingerprint density at radius 2 is 1.69 bits per heavy atom. The second-order valence-corrected chi connectivity index (χ2v) is 9.97. The van der Waals surface area contributed by atoms with E-state index in [1.165, 1.54) is 38.9 Å². The minimum Gasteiger partial charge on any atom is -0.495 e. The van der Waals surface area contributed by atoms with Crippen LogP contribution in [0.15, 0.2) is 53.4 Å². The number of carbonyl (C=O) groups excluding carboxylic acids is 1. The van der Waals surface area contributed by atoms with Gasteiger partial charge in [-0.2, -0.15) is 0 Å². The van der Waals surface area contributed by atoms with Crippen molar-refractivity contribution in [2.45, 2.75) is 31.1 Å². The zero-order valence-electron chi connectivity index (χ0n) is 17.7. The van der Waals surface area contributed by atoms with Crippen molar-refractivity contribution in [1.29, 1.82) is 0 Å². The van der Waals surface area contributed by atoms with Crippen molar-refractivity contribution in [2.75, 3.05) is 26.5 Å². The van der Waals surface area contributed by atoms with E-state index in [0.29, 0.717) is 11.3 Å². The first-order chi connectivity index (χ1) is 13.4. The lowest BCUT2D eigenvalue weighted by atomic mass is 9.87. The van der Waals surface area contributed by atoms with E-state index in [2.05, 4.69) is 26.1 Å². The SMILES string of the molecule is COc1ccc(/C=C/C(=O)Nc2ccc(C(C)(C)C)cc2)cc1S(=O)(=O)N(C)C. The molecule has 0 bridgehead atoms. The van der Waals surface area contributed by atoms with Gasteiger partial charge in [-0.1, -0.05) is 39.0 Å². The maximum Gasteiger partial charge on any atom is 0.248 e. The predicted octanol–water partition coefficient (Wildman–Crippen LogP) is 3.89.